The maximum atomic E-state index is 12.3. The molecule has 0 N–H and O–H groups in total. The number of hydrogen-bond acceptors (Lipinski definition) is 3. The minimum Gasteiger partial charge on any atom is -0.460 e. The Bertz CT molecular complexity index is 701. The zero-order valence-corrected chi connectivity index (χ0v) is 13.0. The number of amides is 1. The van der Waals surface area contributed by atoms with Gasteiger partial charge in [0.05, 0.1) is 12.7 Å². The highest BCUT2D eigenvalue weighted by Crippen LogP contribution is 2.27. The molecule has 2 heterocycles. The summed E-state index contributed by atoms with van der Waals surface area (Å²) in [5, 5.41) is 1.05. The number of carbonyl (C=O) groups is 1. The van der Waals surface area contributed by atoms with Gasteiger partial charge in [0.1, 0.15) is 11.3 Å². The zero-order chi connectivity index (χ0) is 15.5. The highest BCUT2D eigenvalue weighted by molar-refractivity contribution is 5.96. The molecule has 1 unspecified atom stereocenters. The Kier molecular flexibility index (Phi) is 4.29. The molecule has 0 radical (unpaired) electrons. The molecule has 0 bridgehead atoms. The van der Waals surface area contributed by atoms with Crippen LogP contribution in [0, 0.1) is 0 Å². The molecule has 1 amide bonds. The number of furan rings is 1. The molecule has 0 saturated carbocycles. The van der Waals surface area contributed by atoms with Crippen molar-refractivity contribution in [2.75, 3.05) is 19.7 Å². The zero-order valence-electron chi connectivity index (χ0n) is 13.0. The van der Waals surface area contributed by atoms with Gasteiger partial charge in [-0.25, -0.2) is 0 Å². The summed E-state index contributed by atoms with van der Waals surface area (Å²) in [7, 11) is 0. The summed E-state index contributed by atoms with van der Waals surface area (Å²) in [6.07, 6.45) is 4.44. The molecule has 1 aromatic heterocycles. The predicted octanol–water partition coefficient (Wildman–Crippen LogP) is 3.26. The molecule has 22 heavy (non-hydrogen) atoms. The summed E-state index contributed by atoms with van der Waals surface area (Å²) in [5.41, 5.74) is 1.87. The first-order chi connectivity index (χ1) is 10.7. The van der Waals surface area contributed by atoms with Gasteiger partial charge in [0.15, 0.2) is 0 Å². The Labute approximate surface area is 130 Å². The number of rotatable bonds is 3. The molecule has 0 aliphatic carbocycles. The first-order valence-electron chi connectivity index (χ1n) is 7.78. The van der Waals surface area contributed by atoms with E-state index in [1.54, 1.807) is 6.08 Å². The smallest absolute Gasteiger partial charge is 0.246 e. The fourth-order valence-electron chi connectivity index (χ4n) is 2.84. The van der Waals surface area contributed by atoms with E-state index in [1.807, 2.05) is 42.2 Å². The third-order valence-electron chi connectivity index (χ3n) is 3.98. The van der Waals surface area contributed by atoms with Gasteiger partial charge in [-0.15, -0.1) is 0 Å². The SMILES string of the molecule is CCc1oc2ccccc2c1/C=C/C(=O)N1CCOC(C)C1. The van der Waals surface area contributed by atoms with Crippen molar-refractivity contribution >= 4 is 23.0 Å². The molecule has 1 aromatic carbocycles. The molecule has 1 aliphatic rings. The quantitative estimate of drug-likeness (QED) is 0.817. The van der Waals surface area contributed by atoms with Crippen molar-refractivity contribution in [1.82, 2.24) is 4.90 Å². The molecule has 1 fully saturated rings. The predicted molar refractivity (Wildman–Crippen MR) is 86.6 cm³/mol. The molecule has 3 rings (SSSR count). The summed E-state index contributed by atoms with van der Waals surface area (Å²) in [5.74, 6) is 0.947. The second-order valence-corrected chi connectivity index (χ2v) is 5.59. The molecule has 116 valence electrons. The van der Waals surface area contributed by atoms with Crippen LogP contribution in [0.15, 0.2) is 34.8 Å². The number of aryl methyl sites for hydroxylation is 1. The summed E-state index contributed by atoms with van der Waals surface area (Å²) in [4.78, 5) is 14.2. The standard InChI is InChI=1S/C18H21NO3/c1-3-16-15(14-6-4-5-7-17(14)22-16)8-9-18(20)19-10-11-21-13(2)12-19/h4-9,13H,3,10-12H2,1-2H3/b9-8+. The number of benzene rings is 1. The summed E-state index contributed by atoms with van der Waals surface area (Å²) in [6.45, 7) is 5.95. The number of hydrogen-bond donors (Lipinski definition) is 0. The van der Waals surface area contributed by atoms with E-state index in [4.69, 9.17) is 9.15 Å². The summed E-state index contributed by atoms with van der Waals surface area (Å²) < 4.78 is 11.3. The molecular formula is C18H21NO3. The van der Waals surface area contributed by atoms with Crippen molar-refractivity contribution in [3.8, 4) is 0 Å². The van der Waals surface area contributed by atoms with Gasteiger partial charge >= 0.3 is 0 Å². The molecule has 1 saturated heterocycles. The minimum absolute atomic E-state index is 0.0301. The van der Waals surface area contributed by atoms with Crippen molar-refractivity contribution in [2.24, 2.45) is 0 Å². The Morgan fingerprint density at radius 2 is 2.23 bits per heavy atom. The molecule has 0 spiro atoms. The van der Waals surface area contributed by atoms with E-state index in [2.05, 4.69) is 6.92 Å². The first-order valence-corrected chi connectivity index (χ1v) is 7.78. The first kappa shape index (κ1) is 14.9. The molecule has 4 heteroatoms. The van der Waals surface area contributed by atoms with Gasteiger partial charge < -0.3 is 14.1 Å². The van der Waals surface area contributed by atoms with Crippen molar-refractivity contribution < 1.29 is 13.9 Å². The number of morpholine rings is 1. The third kappa shape index (κ3) is 2.92. The fraction of sp³-hybridized carbons (Fsp3) is 0.389. The largest absolute Gasteiger partial charge is 0.460 e. The Morgan fingerprint density at radius 1 is 1.41 bits per heavy atom. The van der Waals surface area contributed by atoms with E-state index < -0.39 is 0 Å². The van der Waals surface area contributed by atoms with Crippen LogP contribution in [0.1, 0.15) is 25.2 Å². The fourth-order valence-corrected chi connectivity index (χ4v) is 2.84. The lowest BCUT2D eigenvalue weighted by atomic mass is 10.1. The lowest BCUT2D eigenvalue weighted by Gasteiger charge is -2.30. The highest BCUT2D eigenvalue weighted by Gasteiger charge is 2.19. The van der Waals surface area contributed by atoms with Crippen LogP contribution in [0.25, 0.3) is 17.0 Å². The van der Waals surface area contributed by atoms with Gasteiger partial charge in [0.25, 0.3) is 0 Å². The number of ether oxygens (including phenoxy) is 1. The number of carbonyl (C=O) groups excluding carboxylic acids is 1. The summed E-state index contributed by atoms with van der Waals surface area (Å²) in [6, 6.07) is 7.93. The number of nitrogens with zero attached hydrogens (tertiary/aromatic N) is 1. The Hall–Kier alpha value is -2.07. The van der Waals surface area contributed by atoms with Crippen LogP contribution in [0.2, 0.25) is 0 Å². The van der Waals surface area contributed by atoms with Crippen LogP contribution < -0.4 is 0 Å². The van der Waals surface area contributed by atoms with Crippen molar-refractivity contribution in [3.05, 3.63) is 41.7 Å². The third-order valence-corrected chi connectivity index (χ3v) is 3.98. The van der Waals surface area contributed by atoms with E-state index in [0.717, 1.165) is 28.7 Å². The monoisotopic (exact) mass is 299 g/mol. The lowest BCUT2D eigenvalue weighted by molar-refractivity contribution is -0.132. The highest BCUT2D eigenvalue weighted by atomic mass is 16.5. The maximum Gasteiger partial charge on any atom is 0.246 e. The van der Waals surface area contributed by atoms with Crippen LogP contribution in [-0.2, 0) is 16.0 Å². The van der Waals surface area contributed by atoms with E-state index in [-0.39, 0.29) is 12.0 Å². The Morgan fingerprint density at radius 3 is 3.00 bits per heavy atom. The van der Waals surface area contributed by atoms with Gasteiger partial charge in [-0.1, -0.05) is 25.1 Å². The lowest BCUT2D eigenvalue weighted by Crippen LogP contribution is -2.43. The van der Waals surface area contributed by atoms with Gasteiger partial charge in [-0.05, 0) is 19.1 Å². The molecule has 2 aromatic rings. The number of fused-ring (bicyclic) bond motifs is 1. The normalized spacial score (nSPS) is 19.2. The average Bonchev–Trinajstić information content (AvgIpc) is 2.90. The van der Waals surface area contributed by atoms with Crippen LogP contribution in [0.5, 0.6) is 0 Å². The van der Waals surface area contributed by atoms with Gasteiger partial charge in [-0.3, -0.25) is 4.79 Å². The molecular weight excluding hydrogens is 278 g/mol. The van der Waals surface area contributed by atoms with Crippen LogP contribution in [0.4, 0.5) is 0 Å². The maximum absolute atomic E-state index is 12.3. The van der Waals surface area contributed by atoms with Gasteiger partial charge in [0.2, 0.25) is 5.91 Å². The van der Waals surface area contributed by atoms with Crippen LogP contribution in [0.3, 0.4) is 0 Å². The van der Waals surface area contributed by atoms with E-state index in [0.29, 0.717) is 19.7 Å². The van der Waals surface area contributed by atoms with Crippen LogP contribution >= 0.6 is 0 Å². The Balaban J connectivity index is 1.84. The van der Waals surface area contributed by atoms with Gasteiger partial charge in [-0.2, -0.15) is 0 Å². The van der Waals surface area contributed by atoms with Crippen molar-refractivity contribution in [2.45, 2.75) is 26.4 Å². The molecule has 1 atom stereocenters. The second-order valence-electron chi connectivity index (χ2n) is 5.59. The van der Waals surface area contributed by atoms with E-state index >= 15 is 0 Å². The number of para-hydroxylation sites is 1. The topological polar surface area (TPSA) is 42.7 Å². The van der Waals surface area contributed by atoms with Gasteiger partial charge in [0, 0.05) is 36.5 Å². The molecule has 4 nitrogen and oxygen atoms in total. The van der Waals surface area contributed by atoms with E-state index in [1.165, 1.54) is 0 Å². The summed E-state index contributed by atoms with van der Waals surface area (Å²) >= 11 is 0. The second kappa shape index (κ2) is 6.36. The molecule has 1 aliphatic heterocycles. The minimum atomic E-state index is 0.0301. The van der Waals surface area contributed by atoms with Crippen LogP contribution in [-0.4, -0.2) is 36.6 Å². The average molecular weight is 299 g/mol. The van der Waals surface area contributed by atoms with E-state index in [9.17, 15) is 4.79 Å². The van der Waals surface area contributed by atoms with Crippen molar-refractivity contribution in [1.29, 1.82) is 0 Å². The van der Waals surface area contributed by atoms with Crippen molar-refractivity contribution in [3.63, 3.8) is 0 Å².